The minimum atomic E-state index is -0.580. The van der Waals surface area contributed by atoms with Crippen molar-refractivity contribution in [2.45, 2.75) is 79.2 Å². The highest BCUT2D eigenvalue weighted by Gasteiger charge is 2.24. The summed E-state index contributed by atoms with van der Waals surface area (Å²) in [7, 11) is 0. The SMILES string of the molecule is CCCCCCCCOC(=O)C(NC(=O)C=C(C)C)C(C)C. The Morgan fingerprint density at radius 2 is 1.64 bits per heavy atom. The average Bonchev–Trinajstić information content (AvgIpc) is 2.42. The molecule has 0 fully saturated rings. The summed E-state index contributed by atoms with van der Waals surface area (Å²) in [6, 6.07) is -0.580. The molecule has 1 unspecified atom stereocenters. The van der Waals surface area contributed by atoms with E-state index < -0.39 is 6.04 Å². The number of hydrogen-bond acceptors (Lipinski definition) is 3. The van der Waals surface area contributed by atoms with Gasteiger partial charge in [0.25, 0.3) is 0 Å². The predicted octanol–water partition coefficient (Wildman–Crippen LogP) is 4.00. The van der Waals surface area contributed by atoms with Crippen molar-refractivity contribution in [2.75, 3.05) is 6.61 Å². The second-order valence-electron chi connectivity index (χ2n) is 6.39. The Kier molecular flexibility index (Phi) is 11.5. The first-order valence-electron chi connectivity index (χ1n) is 8.50. The summed E-state index contributed by atoms with van der Waals surface area (Å²) in [5, 5.41) is 2.73. The number of rotatable bonds is 11. The van der Waals surface area contributed by atoms with Gasteiger partial charge in [-0.1, -0.05) is 58.4 Å². The molecule has 128 valence electrons. The van der Waals surface area contributed by atoms with Gasteiger partial charge >= 0.3 is 5.97 Å². The van der Waals surface area contributed by atoms with Crippen LogP contribution in [0.3, 0.4) is 0 Å². The van der Waals surface area contributed by atoms with Gasteiger partial charge < -0.3 is 10.1 Å². The number of amides is 1. The van der Waals surface area contributed by atoms with E-state index in [1.807, 2.05) is 27.7 Å². The maximum absolute atomic E-state index is 12.1. The van der Waals surface area contributed by atoms with Gasteiger partial charge in [0.15, 0.2) is 0 Å². The molecule has 0 rings (SSSR count). The summed E-state index contributed by atoms with van der Waals surface area (Å²) in [5.74, 6) is -0.569. The van der Waals surface area contributed by atoms with Crippen LogP contribution in [0.4, 0.5) is 0 Å². The minimum Gasteiger partial charge on any atom is -0.464 e. The van der Waals surface area contributed by atoms with Gasteiger partial charge in [-0.2, -0.15) is 0 Å². The number of allylic oxidation sites excluding steroid dienone is 1. The summed E-state index contributed by atoms with van der Waals surface area (Å²) in [5.41, 5.74) is 0.903. The normalized spacial score (nSPS) is 11.9. The first kappa shape index (κ1) is 20.7. The van der Waals surface area contributed by atoms with Crippen LogP contribution < -0.4 is 5.32 Å². The fourth-order valence-electron chi connectivity index (χ4n) is 2.10. The molecule has 1 atom stereocenters. The average molecular weight is 311 g/mol. The third-order valence-electron chi connectivity index (χ3n) is 3.38. The molecule has 0 aliphatic rings. The molecule has 0 heterocycles. The van der Waals surface area contributed by atoms with Crippen LogP contribution in [-0.4, -0.2) is 24.5 Å². The third kappa shape index (κ3) is 10.4. The molecule has 0 bridgehead atoms. The van der Waals surface area contributed by atoms with Crippen LogP contribution in [0, 0.1) is 5.92 Å². The van der Waals surface area contributed by atoms with Crippen LogP contribution in [0.5, 0.6) is 0 Å². The molecule has 1 amide bonds. The van der Waals surface area contributed by atoms with E-state index in [0.717, 1.165) is 18.4 Å². The topological polar surface area (TPSA) is 55.4 Å². The molecule has 0 aromatic heterocycles. The van der Waals surface area contributed by atoms with Crippen LogP contribution in [-0.2, 0) is 14.3 Å². The molecule has 22 heavy (non-hydrogen) atoms. The second-order valence-corrected chi connectivity index (χ2v) is 6.39. The number of hydrogen-bond donors (Lipinski definition) is 1. The monoisotopic (exact) mass is 311 g/mol. The number of unbranched alkanes of at least 4 members (excludes halogenated alkanes) is 5. The van der Waals surface area contributed by atoms with Gasteiger partial charge in [-0.05, 0) is 26.2 Å². The number of esters is 1. The Labute approximate surface area is 135 Å². The highest BCUT2D eigenvalue weighted by atomic mass is 16.5. The van der Waals surface area contributed by atoms with Crippen molar-refractivity contribution in [3.8, 4) is 0 Å². The van der Waals surface area contributed by atoms with Gasteiger partial charge in [0.2, 0.25) is 5.91 Å². The van der Waals surface area contributed by atoms with E-state index in [1.165, 1.54) is 31.8 Å². The number of ether oxygens (including phenoxy) is 1. The summed E-state index contributed by atoms with van der Waals surface area (Å²) < 4.78 is 5.30. The summed E-state index contributed by atoms with van der Waals surface area (Å²) in [6.07, 6.45) is 8.42. The summed E-state index contributed by atoms with van der Waals surface area (Å²) >= 11 is 0. The van der Waals surface area contributed by atoms with Crippen LogP contribution >= 0.6 is 0 Å². The molecule has 0 aromatic rings. The Balaban J connectivity index is 4.11. The fourth-order valence-corrected chi connectivity index (χ4v) is 2.10. The largest absolute Gasteiger partial charge is 0.464 e. The van der Waals surface area contributed by atoms with E-state index >= 15 is 0 Å². The molecular formula is C18H33NO3. The zero-order valence-electron chi connectivity index (χ0n) is 14.9. The lowest BCUT2D eigenvalue weighted by atomic mass is 10.0. The molecule has 1 N–H and O–H groups in total. The van der Waals surface area contributed by atoms with E-state index in [4.69, 9.17) is 4.74 Å². The zero-order chi connectivity index (χ0) is 17.0. The molecule has 0 aliphatic heterocycles. The number of carbonyl (C=O) groups is 2. The standard InChI is InChI=1S/C18H33NO3/c1-6-7-8-9-10-11-12-22-18(21)17(15(4)5)19-16(20)13-14(2)3/h13,15,17H,6-12H2,1-5H3,(H,19,20). The van der Waals surface area contributed by atoms with Crippen molar-refractivity contribution in [3.63, 3.8) is 0 Å². The third-order valence-corrected chi connectivity index (χ3v) is 3.38. The van der Waals surface area contributed by atoms with Crippen molar-refractivity contribution < 1.29 is 14.3 Å². The van der Waals surface area contributed by atoms with Gasteiger partial charge in [0.1, 0.15) is 6.04 Å². The lowest BCUT2D eigenvalue weighted by molar-refractivity contribution is -0.148. The Morgan fingerprint density at radius 3 is 2.18 bits per heavy atom. The molecule has 0 radical (unpaired) electrons. The smallest absolute Gasteiger partial charge is 0.328 e. The predicted molar refractivity (Wildman–Crippen MR) is 90.5 cm³/mol. The Morgan fingerprint density at radius 1 is 1.05 bits per heavy atom. The number of nitrogens with one attached hydrogen (secondary N) is 1. The van der Waals surface area contributed by atoms with E-state index in [-0.39, 0.29) is 17.8 Å². The Bertz CT molecular complexity index is 357. The molecule has 4 nitrogen and oxygen atoms in total. The molecule has 0 saturated carbocycles. The maximum atomic E-state index is 12.1. The van der Waals surface area contributed by atoms with E-state index in [0.29, 0.717) is 6.61 Å². The Hall–Kier alpha value is -1.32. The van der Waals surface area contributed by atoms with Gasteiger partial charge in [0, 0.05) is 6.08 Å². The minimum absolute atomic E-state index is 0.00608. The highest BCUT2D eigenvalue weighted by Crippen LogP contribution is 2.08. The molecule has 0 saturated heterocycles. The molecule has 4 heteroatoms. The highest BCUT2D eigenvalue weighted by molar-refractivity contribution is 5.92. The van der Waals surface area contributed by atoms with Crippen molar-refractivity contribution in [3.05, 3.63) is 11.6 Å². The van der Waals surface area contributed by atoms with Crippen molar-refractivity contribution in [1.29, 1.82) is 0 Å². The van der Waals surface area contributed by atoms with Gasteiger partial charge in [0.05, 0.1) is 6.61 Å². The van der Waals surface area contributed by atoms with Crippen molar-refractivity contribution >= 4 is 11.9 Å². The molecular weight excluding hydrogens is 278 g/mol. The maximum Gasteiger partial charge on any atom is 0.328 e. The van der Waals surface area contributed by atoms with Crippen molar-refractivity contribution in [1.82, 2.24) is 5.32 Å². The quantitative estimate of drug-likeness (QED) is 0.356. The van der Waals surface area contributed by atoms with Crippen molar-refractivity contribution in [2.24, 2.45) is 5.92 Å². The molecule has 0 aliphatic carbocycles. The van der Waals surface area contributed by atoms with Crippen LogP contribution in [0.15, 0.2) is 11.6 Å². The van der Waals surface area contributed by atoms with E-state index in [2.05, 4.69) is 12.2 Å². The van der Waals surface area contributed by atoms with Gasteiger partial charge in [-0.3, -0.25) is 4.79 Å². The zero-order valence-corrected chi connectivity index (χ0v) is 14.9. The number of carbonyl (C=O) groups excluding carboxylic acids is 2. The van der Waals surface area contributed by atoms with Gasteiger partial charge in [-0.25, -0.2) is 4.79 Å². The van der Waals surface area contributed by atoms with Crippen LogP contribution in [0.1, 0.15) is 73.1 Å². The van der Waals surface area contributed by atoms with E-state index in [1.54, 1.807) is 0 Å². The van der Waals surface area contributed by atoms with Crippen LogP contribution in [0.2, 0.25) is 0 Å². The van der Waals surface area contributed by atoms with E-state index in [9.17, 15) is 9.59 Å². The lowest BCUT2D eigenvalue weighted by Crippen LogP contribution is -2.44. The molecule has 0 aromatic carbocycles. The first-order chi connectivity index (χ1) is 10.4. The first-order valence-corrected chi connectivity index (χ1v) is 8.50. The summed E-state index contributed by atoms with van der Waals surface area (Å²) in [6.45, 7) is 10.1. The molecule has 0 spiro atoms. The lowest BCUT2D eigenvalue weighted by Gasteiger charge is -2.20. The second kappa shape index (κ2) is 12.2. The summed E-state index contributed by atoms with van der Waals surface area (Å²) in [4.78, 5) is 23.8. The van der Waals surface area contributed by atoms with Gasteiger partial charge in [-0.15, -0.1) is 0 Å². The van der Waals surface area contributed by atoms with Crippen LogP contribution in [0.25, 0.3) is 0 Å². The fraction of sp³-hybridized carbons (Fsp3) is 0.778.